The molecule has 0 aromatic heterocycles. The molecule has 2 aromatic rings. The number of rotatable bonds is 8. The van der Waals surface area contributed by atoms with E-state index in [2.05, 4.69) is 46.8 Å². The van der Waals surface area contributed by atoms with E-state index in [4.69, 9.17) is 0 Å². The van der Waals surface area contributed by atoms with Crippen LogP contribution < -0.4 is 10.6 Å². The minimum Gasteiger partial charge on any atom is -0.357 e. The van der Waals surface area contributed by atoms with Crippen molar-refractivity contribution in [2.24, 2.45) is 10.9 Å². The zero-order valence-electron chi connectivity index (χ0n) is 16.6. The molecule has 0 radical (unpaired) electrons. The summed E-state index contributed by atoms with van der Waals surface area (Å²) in [6.07, 6.45) is 1.52. The molecule has 1 amide bonds. The van der Waals surface area contributed by atoms with Gasteiger partial charge in [-0.05, 0) is 24.5 Å². The lowest BCUT2D eigenvalue weighted by Crippen LogP contribution is -2.40. The summed E-state index contributed by atoms with van der Waals surface area (Å²) in [6, 6.07) is 20.6. The smallest absolute Gasteiger partial charge is 0.223 e. The van der Waals surface area contributed by atoms with Crippen molar-refractivity contribution in [3.8, 4) is 0 Å². The molecule has 1 fully saturated rings. The second-order valence-corrected chi connectivity index (χ2v) is 7.21. The van der Waals surface area contributed by atoms with Gasteiger partial charge in [0.1, 0.15) is 0 Å². The third kappa shape index (κ3) is 6.12. The number of hydrogen-bond acceptors (Lipinski definition) is 2. The fraction of sp³-hybridized carbons (Fsp3) is 0.391. The summed E-state index contributed by atoms with van der Waals surface area (Å²) in [6.45, 7) is 5.88. The van der Waals surface area contributed by atoms with Crippen molar-refractivity contribution >= 4 is 11.9 Å². The number of guanidine groups is 1. The molecule has 1 aliphatic rings. The zero-order chi connectivity index (χ0) is 19.6. The quantitative estimate of drug-likeness (QED) is 0.549. The highest BCUT2D eigenvalue weighted by Gasteiger charge is 2.29. The van der Waals surface area contributed by atoms with E-state index in [1.54, 1.807) is 0 Å². The lowest BCUT2D eigenvalue weighted by atomic mass is 10.1. The van der Waals surface area contributed by atoms with E-state index < -0.39 is 0 Å². The Bertz CT molecular complexity index is 761. The Morgan fingerprint density at radius 3 is 2.39 bits per heavy atom. The number of likely N-dealkylation sites (tertiary alicyclic amines) is 1. The van der Waals surface area contributed by atoms with Crippen LogP contribution in [0.1, 0.15) is 24.5 Å². The molecule has 1 saturated heterocycles. The Balaban J connectivity index is 1.46. The number of nitrogens with one attached hydrogen (secondary N) is 2. The van der Waals surface area contributed by atoms with E-state index in [9.17, 15) is 4.79 Å². The Morgan fingerprint density at radius 2 is 1.71 bits per heavy atom. The molecule has 2 aromatic carbocycles. The van der Waals surface area contributed by atoms with Crippen LogP contribution in [0.2, 0.25) is 0 Å². The van der Waals surface area contributed by atoms with E-state index in [0.717, 1.165) is 38.6 Å². The van der Waals surface area contributed by atoms with Crippen molar-refractivity contribution in [3.63, 3.8) is 0 Å². The maximum atomic E-state index is 12.3. The average Bonchev–Trinajstić information content (AvgIpc) is 3.09. The monoisotopic (exact) mass is 378 g/mol. The van der Waals surface area contributed by atoms with E-state index in [1.165, 1.54) is 11.1 Å². The molecule has 1 heterocycles. The lowest BCUT2D eigenvalue weighted by Gasteiger charge is -2.18. The van der Waals surface area contributed by atoms with Gasteiger partial charge in [0.15, 0.2) is 5.96 Å². The third-order valence-electron chi connectivity index (χ3n) is 4.97. The SMILES string of the molecule is CCNC(=NCc1ccccc1)NCC1CC(=O)N(CCc2ccccc2)C1. The Labute approximate surface area is 167 Å². The van der Waals surface area contributed by atoms with Gasteiger partial charge in [-0.25, -0.2) is 4.99 Å². The van der Waals surface area contributed by atoms with Crippen LogP contribution in [-0.2, 0) is 17.8 Å². The fourth-order valence-corrected chi connectivity index (χ4v) is 3.45. The summed E-state index contributed by atoms with van der Waals surface area (Å²) in [5.41, 5.74) is 2.46. The van der Waals surface area contributed by atoms with Gasteiger partial charge in [0.25, 0.3) is 0 Å². The summed E-state index contributed by atoms with van der Waals surface area (Å²) >= 11 is 0. The highest BCUT2D eigenvalue weighted by Crippen LogP contribution is 2.17. The molecule has 1 unspecified atom stereocenters. The normalized spacial score (nSPS) is 17.0. The predicted molar refractivity (Wildman–Crippen MR) is 114 cm³/mol. The van der Waals surface area contributed by atoms with Crippen LogP contribution in [0.3, 0.4) is 0 Å². The molecule has 1 atom stereocenters. The van der Waals surface area contributed by atoms with Crippen LogP contribution in [-0.4, -0.2) is 42.9 Å². The van der Waals surface area contributed by atoms with Crippen molar-refractivity contribution in [2.45, 2.75) is 26.3 Å². The van der Waals surface area contributed by atoms with Gasteiger partial charge in [0.05, 0.1) is 6.54 Å². The molecule has 28 heavy (non-hydrogen) atoms. The van der Waals surface area contributed by atoms with Crippen LogP contribution >= 0.6 is 0 Å². The number of hydrogen-bond donors (Lipinski definition) is 2. The maximum Gasteiger partial charge on any atom is 0.223 e. The zero-order valence-corrected chi connectivity index (χ0v) is 16.6. The van der Waals surface area contributed by atoms with Crippen LogP contribution in [0, 0.1) is 5.92 Å². The molecule has 3 rings (SSSR count). The summed E-state index contributed by atoms with van der Waals surface area (Å²) in [7, 11) is 0. The summed E-state index contributed by atoms with van der Waals surface area (Å²) in [5, 5.41) is 6.69. The molecule has 2 N–H and O–H groups in total. The third-order valence-corrected chi connectivity index (χ3v) is 4.97. The number of benzene rings is 2. The first-order chi connectivity index (χ1) is 13.7. The second-order valence-electron chi connectivity index (χ2n) is 7.21. The minimum absolute atomic E-state index is 0.258. The largest absolute Gasteiger partial charge is 0.357 e. The molecular formula is C23H30N4O. The molecule has 148 valence electrons. The number of nitrogens with zero attached hydrogens (tertiary/aromatic N) is 2. The highest BCUT2D eigenvalue weighted by molar-refractivity contribution is 5.81. The average molecular weight is 379 g/mol. The number of aliphatic imine (C=N–C) groups is 1. The van der Waals surface area contributed by atoms with Gasteiger partial charge in [-0.15, -0.1) is 0 Å². The molecular weight excluding hydrogens is 348 g/mol. The predicted octanol–water partition coefficient (Wildman–Crippen LogP) is 2.83. The van der Waals surface area contributed by atoms with Crippen molar-refractivity contribution in [2.75, 3.05) is 26.2 Å². The molecule has 5 heteroatoms. The molecule has 0 spiro atoms. The van der Waals surface area contributed by atoms with Gasteiger partial charge in [0, 0.05) is 38.5 Å². The number of carbonyl (C=O) groups excluding carboxylic acids is 1. The number of carbonyl (C=O) groups is 1. The first-order valence-electron chi connectivity index (χ1n) is 10.1. The summed E-state index contributed by atoms with van der Waals surface area (Å²) in [4.78, 5) is 19.0. The Hall–Kier alpha value is -2.82. The van der Waals surface area contributed by atoms with Crippen molar-refractivity contribution in [1.82, 2.24) is 15.5 Å². The Morgan fingerprint density at radius 1 is 1.04 bits per heavy atom. The van der Waals surface area contributed by atoms with Crippen LogP contribution in [0.5, 0.6) is 0 Å². The van der Waals surface area contributed by atoms with Gasteiger partial charge >= 0.3 is 0 Å². The molecule has 1 aliphatic heterocycles. The molecule has 0 aliphatic carbocycles. The first kappa shape index (κ1) is 19.9. The standard InChI is InChI=1S/C23H30N4O/c1-2-24-23(25-16-20-11-7-4-8-12-20)26-17-21-15-22(28)27(18-21)14-13-19-9-5-3-6-10-19/h3-12,21H,2,13-18H2,1H3,(H2,24,25,26). The van der Waals surface area contributed by atoms with Crippen LogP contribution in [0.25, 0.3) is 0 Å². The topological polar surface area (TPSA) is 56.7 Å². The summed E-state index contributed by atoms with van der Waals surface area (Å²) in [5.74, 6) is 1.39. The van der Waals surface area contributed by atoms with Crippen molar-refractivity contribution in [3.05, 3.63) is 71.8 Å². The molecule has 5 nitrogen and oxygen atoms in total. The van der Waals surface area contributed by atoms with Crippen molar-refractivity contribution < 1.29 is 4.79 Å². The van der Waals surface area contributed by atoms with Crippen molar-refractivity contribution in [1.29, 1.82) is 0 Å². The van der Waals surface area contributed by atoms with Gasteiger partial charge in [0.2, 0.25) is 5.91 Å². The van der Waals surface area contributed by atoms with E-state index in [1.807, 2.05) is 41.3 Å². The molecule has 0 saturated carbocycles. The Kier molecular flexibility index (Phi) is 7.47. The van der Waals surface area contributed by atoms with Gasteiger partial charge < -0.3 is 15.5 Å². The van der Waals surface area contributed by atoms with Gasteiger partial charge in [-0.3, -0.25) is 4.79 Å². The highest BCUT2D eigenvalue weighted by atomic mass is 16.2. The van der Waals surface area contributed by atoms with Gasteiger partial charge in [-0.1, -0.05) is 60.7 Å². The summed E-state index contributed by atoms with van der Waals surface area (Å²) < 4.78 is 0. The minimum atomic E-state index is 0.258. The van der Waals surface area contributed by atoms with E-state index in [-0.39, 0.29) is 5.91 Å². The fourth-order valence-electron chi connectivity index (χ4n) is 3.45. The van der Waals surface area contributed by atoms with Crippen LogP contribution in [0.4, 0.5) is 0 Å². The lowest BCUT2D eigenvalue weighted by molar-refractivity contribution is -0.127. The van der Waals surface area contributed by atoms with E-state index >= 15 is 0 Å². The van der Waals surface area contributed by atoms with E-state index in [0.29, 0.717) is 18.9 Å². The number of amides is 1. The van der Waals surface area contributed by atoms with Crippen LogP contribution in [0.15, 0.2) is 65.7 Å². The first-order valence-corrected chi connectivity index (χ1v) is 10.1. The second kappa shape index (κ2) is 10.5. The maximum absolute atomic E-state index is 12.3. The molecule has 0 bridgehead atoms. The van der Waals surface area contributed by atoms with Gasteiger partial charge in [-0.2, -0.15) is 0 Å².